The van der Waals surface area contributed by atoms with Crippen molar-refractivity contribution in [2.24, 2.45) is 15.7 Å². The summed E-state index contributed by atoms with van der Waals surface area (Å²) in [7, 11) is 3.00. The number of rotatable bonds is 30. The van der Waals surface area contributed by atoms with Gasteiger partial charge in [0, 0.05) is 160 Å². The Morgan fingerprint density at radius 1 is 0.460 bits per heavy atom. The van der Waals surface area contributed by atoms with Crippen LogP contribution in [0.3, 0.4) is 0 Å². The monoisotopic (exact) mass is 2200 g/mol. The molecule has 0 spiro atoms. The molecule has 12 aromatic rings. The highest BCUT2D eigenvalue weighted by atomic mass is 35.5. The van der Waals surface area contributed by atoms with E-state index >= 15 is 0 Å². The lowest BCUT2D eigenvalue weighted by atomic mass is 10.2. The van der Waals surface area contributed by atoms with Gasteiger partial charge in [-0.2, -0.15) is 49.8 Å². The van der Waals surface area contributed by atoms with Crippen LogP contribution in [0.15, 0.2) is 81.2 Å². The second-order valence-electron chi connectivity index (χ2n) is 33.7. The average Bonchev–Trinajstić information content (AvgIpc) is 1.66. The van der Waals surface area contributed by atoms with Gasteiger partial charge < -0.3 is 76.7 Å². The fraction of sp³-hybridized carbons (Fsp3) is 0.512. The van der Waals surface area contributed by atoms with Gasteiger partial charge >= 0.3 is 0 Å². The number of methoxy groups -OCH3 is 4. The quantitative estimate of drug-likeness (QED) is 0.0141. The van der Waals surface area contributed by atoms with E-state index in [0.717, 1.165) is 67.1 Å². The van der Waals surface area contributed by atoms with Gasteiger partial charge in [-0.3, -0.25) is 34.3 Å². The molecule has 0 bridgehead atoms. The first kappa shape index (κ1) is 99.9. The molecule has 0 amide bonds. The summed E-state index contributed by atoms with van der Waals surface area (Å²) < 4.78 is 135. The first-order valence-corrected chi connectivity index (χ1v) is 58.8. The number of alkyl halides is 2. The molecule has 0 atom stereocenters. The number of fused-ring (bicyclic) bond motifs is 6. The molecule has 0 aliphatic carbocycles. The van der Waals surface area contributed by atoms with E-state index in [1.807, 2.05) is 31.4 Å². The molecule has 758 valence electrons. The number of nitrogens with one attached hydrogen (secondary N) is 3. The number of aliphatic imine (C=N–C) groups is 2. The number of hydrogen-bond acceptors (Lipinski definition) is 33. The Morgan fingerprint density at radius 3 is 1.37 bits per heavy atom. The van der Waals surface area contributed by atoms with Crippen molar-refractivity contribution in [2.45, 2.75) is 130 Å². The third kappa shape index (κ3) is 38.3. The van der Waals surface area contributed by atoms with Crippen LogP contribution in [0.2, 0.25) is 124 Å². The van der Waals surface area contributed by atoms with Crippen molar-refractivity contribution in [3.8, 4) is 23.5 Å². The van der Waals surface area contributed by atoms with Crippen LogP contribution >= 0.6 is 128 Å². The molecule has 5 aliphatic rings. The smallest absolute Gasteiger partial charge is 0.278 e. The Kier molecular flexibility index (Phi) is 41.8. The summed E-state index contributed by atoms with van der Waals surface area (Å²) in [6.07, 6.45) is 4.70. The van der Waals surface area contributed by atoms with Crippen LogP contribution in [-0.4, -0.2) is 308 Å². The highest BCUT2D eigenvalue weighted by Crippen LogP contribution is 2.33. The Hall–Kier alpha value is -7.82. The topological polar surface area (TPSA) is 431 Å². The van der Waals surface area contributed by atoms with Gasteiger partial charge in [0.25, 0.3) is 11.1 Å². The second kappa shape index (κ2) is 58.2. The number of H-pyrrole nitrogens is 2. The van der Waals surface area contributed by atoms with Gasteiger partial charge in [-0.05, 0) is 112 Å². The first-order chi connectivity index (χ1) is 70.2. The molecule has 53 heteroatoms. The van der Waals surface area contributed by atoms with Crippen LogP contribution in [-0.2, 0) is 80.9 Å². The van der Waals surface area contributed by atoms with Gasteiger partial charge in [0.1, 0.15) is 23.6 Å². The zero-order chi connectivity index (χ0) is 110. The van der Waals surface area contributed by atoms with Crippen LogP contribution in [0.4, 0.5) is 17.6 Å². The molecule has 0 radical (unpaired) electrons. The molecule has 39 nitrogen and oxygen atoms in total. The third-order valence-electron chi connectivity index (χ3n) is 19.7. The minimum atomic E-state index is -1.70. The van der Waals surface area contributed by atoms with Crippen LogP contribution < -0.4 is 41.1 Å². The molecule has 0 saturated carbocycles. The van der Waals surface area contributed by atoms with Crippen LogP contribution in [0.1, 0.15) is 36.0 Å². The van der Waals surface area contributed by atoms with Crippen molar-refractivity contribution in [1.82, 2.24) is 113 Å². The largest absolute Gasteiger partial charge is 0.481 e. The zero-order valence-corrected chi connectivity index (χ0v) is 90.2. The fourth-order valence-electron chi connectivity index (χ4n) is 12.2. The van der Waals surface area contributed by atoms with Crippen LogP contribution in [0.5, 0.6) is 23.5 Å². The number of ether oxygens (including phenoxy) is 10. The van der Waals surface area contributed by atoms with Crippen molar-refractivity contribution in [3.05, 3.63) is 151 Å². The molecule has 15 heterocycles. The van der Waals surface area contributed by atoms with Gasteiger partial charge in [-0.25, -0.2) is 29.9 Å². The lowest BCUT2D eigenvalue weighted by Crippen LogP contribution is -2.38. The molecule has 10 aromatic heterocycles. The van der Waals surface area contributed by atoms with Crippen molar-refractivity contribution in [1.29, 1.82) is 0 Å². The van der Waals surface area contributed by atoms with E-state index in [0.29, 0.717) is 188 Å². The maximum Gasteiger partial charge on any atom is 0.278 e. The Labute approximate surface area is 878 Å². The standard InChI is InChI=1S/C18H20Cl2N6O2.2C12H19ClN4O2Si.C11H14ClN5O2.C7H7Cl2N.2C7H6ClN3O.C6H12ClNO.C6H15ClOSi/c19-13-2-1-12(9-14(13)20)10-21-18-23-16-15(17(27)24-18)26(11-22-16)4-3-25-5-7-28-8-6-25;2*1-18-11-9-10(15-12(13)16-11)14-7-17(9)8-19-5-6-20(2,3)4;12-11-14-9-8(10(18)15-11)17(7-13-9)2-1-16-3-5-19-6-4-16;8-6-2-1-5(4-10)3-7(6)9;2*1-12-6-4-2-3-9-5(4)10-7(8)11-6;7-1-2-8-3-5-9-6-4-8;1-9(2,3)5-4-8-6-7/h1-2,9,11H,3-8,10H2,(H2,21,23,24,27);2*7H,5-6,8H2,1-4H3;7H,1-6H2,(H,14,15,18);1-3H,4,10H2;2*3H,2H2,1H3;1-6H2;4-6H2,1-3H3/i7D2,11D;7D;;5D2,7D;;3D;;5D2;. The number of nitrogens with two attached hydrogens (primary N) is 1. The van der Waals surface area contributed by atoms with E-state index in [2.05, 4.69) is 154 Å². The van der Waals surface area contributed by atoms with Crippen LogP contribution in [0.25, 0.3) is 44.7 Å². The van der Waals surface area contributed by atoms with Crippen molar-refractivity contribution in [3.63, 3.8) is 0 Å². The SMILES string of the molecule is COc1nc(Cl)nc2c1CC=N2.COc1nc(Cl)nc2ncn(COCC[Si](C)(C)C)c12.C[Si](C)(C)CCOCCl.NCc1ccc(Cl)c(Cl)c1.[2H]C1([2H])CN(CCCl)CCO1.[2H]C1=Nc2nc(Cl)nc(OC)c2C1.[2H]c1nc2nc(Cl)[nH]c(=O)c2n1CCN1CCOC([2H])([2H])C1.[2H]c1nc2nc(Cl)nc(OC)c2n1COCC[Si](C)(C)C.[2H]c1nc2nc(NCc3ccc(Cl)c(Cl)c3)[nH]c(=O)c2n1CCN1CCOC([2H])([2H])C1. The number of imidazole rings is 4. The number of hydrogen-bond donors (Lipinski definition) is 4. The summed E-state index contributed by atoms with van der Waals surface area (Å²) >= 11 is 62.7. The van der Waals surface area contributed by atoms with Gasteiger partial charge in [-0.1, -0.05) is 129 Å². The van der Waals surface area contributed by atoms with E-state index in [1.54, 1.807) is 55.6 Å². The number of nitrogens with zero attached hydrogens (tertiary/aromatic N) is 23. The summed E-state index contributed by atoms with van der Waals surface area (Å²) in [5.74, 6) is 3.47. The predicted octanol–water partition coefficient (Wildman–Crippen LogP) is 16.4. The molecule has 3 fully saturated rings. The molecular weight excluding hydrogens is 2080 g/mol. The summed E-state index contributed by atoms with van der Waals surface area (Å²) in [5.41, 5.74) is 10.8. The molecular formula is C86H118Cl11N27O12Si3. The van der Waals surface area contributed by atoms with Crippen LogP contribution in [0, 0.1) is 0 Å². The zero-order valence-electron chi connectivity index (χ0n) is 88.8. The molecule has 3 saturated heterocycles. The molecule has 0 unspecified atom stereocenters. The second-order valence-corrected chi connectivity index (χ2v) is 54.5. The Morgan fingerprint density at radius 2 is 0.885 bits per heavy atom. The Bertz CT molecular complexity index is 6640. The van der Waals surface area contributed by atoms with Crippen molar-refractivity contribution in [2.75, 3.05) is 164 Å². The molecule has 2 aromatic carbocycles. The Balaban J connectivity index is 0.000000191. The summed E-state index contributed by atoms with van der Waals surface area (Å²) in [6.45, 7) is 25.6. The normalized spacial score (nSPS) is 16.3. The third-order valence-corrected chi connectivity index (χ3v) is 27.5. The maximum absolute atomic E-state index is 12.7. The average molecular weight is 2210 g/mol. The minimum Gasteiger partial charge on any atom is -0.481 e. The molecule has 17 rings (SSSR count). The minimum absolute atomic E-state index is 0.0450. The number of aromatic nitrogens is 20. The summed E-state index contributed by atoms with van der Waals surface area (Å²) in [5, 5.41) is 5.41. The van der Waals surface area contributed by atoms with E-state index in [4.69, 9.17) is 194 Å². The van der Waals surface area contributed by atoms with E-state index in [1.165, 1.54) is 29.4 Å². The first-order valence-electron chi connectivity index (χ1n) is 48.2. The van der Waals surface area contributed by atoms with Gasteiger partial charge in [0.05, 0.1) is 134 Å². The van der Waals surface area contributed by atoms with Gasteiger partial charge in [-0.15, -0.1) is 11.6 Å². The number of anilines is 1. The number of aromatic amines is 2. The van der Waals surface area contributed by atoms with Gasteiger partial charge in [0.2, 0.25) is 55.9 Å². The summed E-state index contributed by atoms with van der Waals surface area (Å²) in [6, 6.07) is 14.3. The van der Waals surface area contributed by atoms with Crippen molar-refractivity contribution < 1.29 is 61.1 Å². The molecule has 5 aliphatic heterocycles. The van der Waals surface area contributed by atoms with E-state index < -0.39 is 55.0 Å². The molecule has 139 heavy (non-hydrogen) atoms. The maximum atomic E-state index is 12.7. The number of halogens is 11. The number of morpholine rings is 3. The van der Waals surface area contributed by atoms with Crippen molar-refractivity contribution >= 4 is 226 Å². The highest BCUT2D eigenvalue weighted by Gasteiger charge is 2.24. The lowest BCUT2D eigenvalue weighted by molar-refractivity contribution is 0.0364. The van der Waals surface area contributed by atoms with E-state index in [9.17, 15) is 9.59 Å². The van der Waals surface area contributed by atoms with Gasteiger partial charge in [0.15, 0.2) is 56.3 Å². The summed E-state index contributed by atoms with van der Waals surface area (Å²) in [4.78, 5) is 99.6. The fourth-order valence-corrected chi connectivity index (χ4v) is 16.3. The van der Waals surface area contributed by atoms with E-state index in [-0.39, 0.29) is 99.6 Å². The highest BCUT2D eigenvalue weighted by molar-refractivity contribution is 6.76. The predicted molar refractivity (Wildman–Crippen MR) is 560 cm³/mol. The molecule has 5 N–H and O–H groups in total. The lowest BCUT2D eigenvalue weighted by Gasteiger charge is -2.26. The number of benzene rings is 2.